The Hall–Kier alpha value is -1.27. The third kappa shape index (κ3) is 7.45. The Morgan fingerprint density at radius 3 is 2.70 bits per heavy atom. The van der Waals surface area contributed by atoms with Crippen molar-refractivity contribution in [3.63, 3.8) is 0 Å². The molecule has 1 atom stereocenters. The summed E-state index contributed by atoms with van der Waals surface area (Å²) >= 11 is 0. The van der Waals surface area contributed by atoms with Gasteiger partial charge in [-0.1, -0.05) is 6.07 Å². The molecular formula is C20H30F3IN4O2. The summed E-state index contributed by atoms with van der Waals surface area (Å²) in [5.41, 5.74) is 0.0457. The molecule has 10 heteroatoms. The van der Waals surface area contributed by atoms with Gasteiger partial charge in [-0.15, -0.1) is 24.0 Å². The normalized spacial score (nSPS) is 20.8. The van der Waals surface area contributed by atoms with E-state index in [1.54, 1.807) is 7.05 Å². The van der Waals surface area contributed by atoms with Gasteiger partial charge >= 0.3 is 6.61 Å². The average Bonchev–Trinajstić information content (AvgIpc) is 3.20. The molecule has 2 saturated heterocycles. The van der Waals surface area contributed by atoms with Gasteiger partial charge in [-0.2, -0.15) is 8.78 Å². The summed E-state index contributed by atoms with van der Waals surface area (Å²) in [6.45, 7) is 1.82. The lowest BCUT2D eigenvalue weighted by Crippen LogP contribution is -2.49. The van der Waals surface area contributed by atoms with Crippen LogP contribution in [-0.2, 0) is 11.3 Å². The summed E-state index contributed by atoms with van der Waals surface area (Å²) < 4.78 is 49.1. The third-order valence-corrected chi connectivity index (χ3v) is 5.42. The molecule has 2 heterocycles. The molecule has 2 fully saturated rings. The summed E-state index contributed by atoms with van der Waals surface area (Å²) in [4.78, 5) is 6.65. The zero-order chi connectivity index (χ0) is 20.6. The molecule has 3 rings (SSSR count). The Balaban J connectivity index is 0.00000320. The molecule has 1 aromatic rings. The van der Waals surface area contributed by atoms with E-state index < -0.39 is 12.4 Å². The molecule has 0 radical (unpaired) electrons. The largest absolute Gasteiger partial charge is 0.434 e. The maximum absolute atomic E-state index is 14.1. The van der Waals surface area contributed by atoms with Crippen LogP contribution < -0.4 is 15.4 Å². The molecule has 1 aromatic carbocycles. The fraction of sp³-hybridized carbons (Fsp3) is 0.650. The van der Waals surface area contributed by atoms with E-state index >= 15 is 0 Å². The number of alkyl halides is 2. The van der Waals surface area contributed by atoms with Crippen molar-refractivity contribution in [2.24, 2.45) is 10.9 Å². The molecular weight excluding hydrogens is 512 g/mol. The van der Waals surface area contributed by atoms with Crippen molar-refractivity contribution in [2.75, 3.05) is 39.9 Å². The molecule has 30 heavy (non-hydrogen) atoms. The predicted octanol–water partition coefficient (Wildman–Crippen LogP) is 3.21. The number of rotatable bonds is 7. The van der Waals surface area contributed by atoms with E-state index in [4.69, 9.17) is 4.74 Å². The Labute approximate surface area is 192 Å². The number of piperidine rings is 1. The van der Waals surface area contributed by atoms with Crippen LogP contribution >= 0.6 is 24.0 Å². The molecule has 0 saturated carbocycles. The molecule has 170 valence electrons. The molecule has 6 nitrogen and oxygen atoms in total. The molecule has 1 unspecified atom stereocenters. The Kier molecular flexibility index (Phi) is 10.5. The highest BCUT2D eigenvalue weighted by Crippen LogP contribution is 2.23. The van der Waals surface area contributed by atoms with Gasteiger partial charge in [-0.3, -0.25) is 4.99 Å². The monoisotopic (exact) mass is 542 g/mol. The van der Waals surface area contributed by atoms with Crippen molar-refractivity contribution in [1.29, 1.82) is 0 Å². The van der Waals surface area contributed by atoms with Gasteiger partial charge in [0.15, 0.2) is 5.96 Å². The third-order valence-electron chi connectivity index (χ3n) is 5.42. The summed E-state index contributed by atoms with van der Waals surface area (Å²) in [6.07, 6.45) is 3.10. The molecule has 2 aliphatic heterocycles. The second-order valence-electron chi connectivity index (χ2n) is 7.47. The van der Waals surface area contributed by atoms with Gasteiger partial charge in [-0.05, 0) is 37.3 Å². The number of guanidine groups is 1. The van der Waals surface area contributed by atoms with Crippen molar-refractivity contribution < 1.29 is 22.6 Å². The topological polar surface area (TPSA) is 58.1 Å². The van der Waals surface area contributed by atoms with E-state index in [-0.39, 0.29) is 47.9 Å². The van der Waals surface area contributed by atoms with E-state index in [2.05, 4.69) is 25.3 Å². The van der Waals surface area contributed by atoms with Crippen LogP contribution in [-0.4, -0.2) is 63.4 Å². The van der Waals surface area contributed by atoms with Crippen molar-refractivity contribution in [3.8, 4) is 5.75 Å². The van der Waals surface area contributed by atoms with Crippen molar-refractivity contribution in [2.45, 2.75) is 38.5 Å². The molecule has 0 aliphatic carbocycles. The predicted molar refractivity (Wildman–Crippen MR) is 120 cm³/mol. The molecule has 0 aromatic heterocycles. The standard InChI is InChI=1S/C20H29F3N4O2.HI/c1-24-20(25-11-16-17(21)3-2-4-18(16)29-19(22)23)26-15-5-8-27(9-6-15)12-14-7-10-28-13-14;/h2-4,14-15,19H,5-13H2,1H3,(H2,24,25,26);1H. The van der Waals surface area contributed by atoms with Crippen LogP contribution in [0.2, 0.25) is 0 Å². The Morgan fingerprint density at radius 1 is 1.30 bits per heavy atom. The maximum atomic E-state index is 14.1. The number of nitrogens with one attached hydrogen (secondary N) is 2. The number of hydrogen-bond acceptors (Lipinski definition) is 4. The van der Waals surface area contributed by atoms with Crippen LogP contribution in [0.15, 0.2) is 23.2 Å². The average molecular weight is 542 g/mol. The van der Waals surface area contributed by atoms with Gasteiger partial charge in [0.1, 0.15) is 11.6 Å². The summed E-state index contributed by atoms with van der Waals surface area (Å²) in [6, 6.07) is 4.15. The first-order chi connectivity index (χ1) is 14.0. The number of nitrogens with zero attached hydrogens (tertiary/aromatic N) is 2. The van der Waals surface area contributed by atoms with Crippen LogP contribution in [0.5, 0.6) is 5.75 Å². The van der Waals surface area contributed by atoms with E-state index in [9.17, 15) is 13.2 Å². The minimum atomic E-state index is -3.01. The molecule has 0 spiro atoms. The van der Waals surface area contributed by atoms with Gasteiger partial charge < -0.3 is 25.0 Å². The van der Waals surface area contributed by atoms with Crippen LogP contribution in [0, 0.1) is 11.7 Å². The van der Waals surface area contributed by atoms with Crippen molar-refractivity contribution >= 4 is 29.9 Å². The van der Waals surface area contributed by atoms with Crippen LogP contribution in [0.3, 0.4) is 0 Å². The van der Waals surface area contributed by atoms with E-state index in [0.29, 0.717) is 11.9 Å². The zero-order valence-electron chi connectivity index (χ0n) is 17.1. The first-order valence-electron chi connectivity index (χ1n) is 10.0. The van der Waals surface area contributed by atoms with Gasteiger partial charge in [0.25, 0.3) is 0 Å². The number of likely N-dealkylation sites (tertiary alicyclic amines) is 1. The van der Waals surface area contributed by atoms with E-state index in [0.717, 1.165) is 52.1 Å². The SMILES string of the molecule is CN=C(NCc1c(F)cccc1OC(F)F)NC1CCN(CC2CCOC2)CC1.I. The zero-order valence-corrected chi connectivity index (χ0v) is 19.4. The number of benzene rings is 1. The highest BCUT2D eigenvalue weighted by molar-refractivity contribution is 14.0. The van der Waals surface area contributed by atoms with Gasteiger partial charge in [0.05, 0.1) is 6.61 Å². The van der Waals surface area contributed by atoms with Crippen LogP contribution in [0.4, 0.5) is 13.2 Å². The lowest BCUT2D eigenvalue weighted by Gasteiger charge is -2.34. The number of aliphatic imine (C=N–C) groups is 1. The second-order valence-corrected chi connectivity index (χ2v) is 7.47. The fourth-order valence-corrected chi connectivity index (χ4v) is 3.83. The number of hydrogen-bond donors (Lipinski definition) is 2. The number of ether oxygens (including phenoxy) is 2. The van der Waals surface area contributed by atoms with E-state index in [1.807, 2.05) is 0 Å². The molecule has 0 amide bonds. The summed E-state index contributed by atoms with van der Waals surface area (Å²) in [5, 5.41) is 6.35. The second kappa shape index (κ2) is 12.6. The molecule has 2 N–H and O–H groups in total. The van der Waals surface area contributed by atoms with E-state index in [1.165, 1.54) is 18.2 Å². The van der Waals surface area contributed by atoms with Gasteiger partial charge in [-0.25, -0.2) is 4.39 Å². The fourth-order valence-electron chi connectivity index (χ4n) is 3.83. The first-order valence-corrected chi connectivity index (χ1v) is 10.0. The Bertz CT molecular complexity index is 682. The summed E-state index contributed by atoms with van der Waals surface area (Å²) in [5.74, 6) is 0.376. The van der Waals surface area contributed by atoms with Crippen molar-refractivity contribution in [3.05, 3.63) is 29.6 Å². The minimum absolute atomic E-state index is 0. The lowest BCUT2D eigenvalue weighted by atomic mass is 10.0. The highest BCUT2D eigenvalue weighted by Gasteiger charge is 2.24. The van der Waals surface area contributed by atoms with Crippen molar-refractivity contribution in [1.82, 2.24) is 15.5 Å². The Morgan fingerprint density at radius 2 is 2.07 bits per heavy atom. The van der Waals surface area contributed by atoms with Gasteiger partial charge in [0.2, 0.25) is 0 Å². The lowest BCUT2D eigenvalue weighted by molar-refractivity contribution is -0.0506. The number of halogens is 4. The van der Waals surface area contributed by atoms with Crippen LogP contribution in [0.25, 0.3) is 0 Å². The molecule has 0 bridgehead atoms. The van der Waals surface area contributed by atoms with Crippen LogP contribution in [0.1, 0.15) is 24.8 Å². The minimum Gasteiger partial charge on any atom is -0.434 e. The maximum Gasteiger partial charge on any atom is 0.387 e. The summed E-state index contributed by atoms with van der Waals surface area (Å²) in [7, 11) is 1.63. The first kappa shape index (κ1) is 25.0. The highest BCUT2D eigenvalue weighted by atomic mass is 127. The molecule has 2 aliphatic rings. The van der Waals surface area contributed by atoms with Gasteiger partial charge in [0, 0.05) is 51.4 Å². The quantitative estimate of drug-likeness (QED) is 0.315. The smallest absolute Gasteiger partial charge is 0.387 e.